The molecule has 0 spiro atoms. The molecule has 8 nitrogen and oxygen atoms in total. The van der Waals surface area contributed by atoms with E-state index in [0.29, 0.717) is 6.54 Å². The predicted molar refractivity (Wildman–Crippen MR) is 72.3 cm³/mol. The molecule has 0 fully saturated rings. The van der Waals surface area contributed by atoms with Crippen LogP contribution >= 0.6 is 0 Å². The van der Waals surface area contributed by atoms with Crippen LogP contribution in [-0.4, -0.2) is 40.0 Å². The van der Waals surface area contributed by atoms with Crippen LogP contribution in [0.5, 0.6) is 0 Å². The molecule has 0 aliphatic carbocycles. The number of carbonyl (C=O) groups excluding carboxylic acids is 1. The largest absolute Gasteiger partial charge is 0.364 e. The summed E-state index contributed by atoms with van der Waals surface area (Å²) >= 11 is 0. The van der Waals surface area contributed by atoms with Crippen molar-refractivity contribution < 1.29 is 4.79 Å². The van der Waals surface area contributed by atoms with E-state index in [4.69, 9.17) is 5.73 Å². The van der Waals surface area contributed by atoms with Gasteiger partial charge in [-0.25, -0.2) is 4.68 Å². The van der Waals surface area contributed by atoms with Crippen LogP contribution in [0.3, 0.4) is 0 Å². The molecule has 1 aromatic carbocycles. The molecule has 0 aliphatic heterocycles. The molecule has 2 N–H and O–H groups in total. The summed E-state index contributed by atoms with van der Waals surface area (Å²) < 4.78 is 1.49. The number of nitrogens with two attached hydrogens (primary N) is 1. The summed E-state index contributed by atoms with van der Waals surface area (Å²) in [5, 5.41) is 17.0. The van der Waals surface area contributed by atoms with Crippen LogP contribution in [0.4, 0.5) is 5.82 Å². The summed E-state index contributed by atoms with van der Waals surface area (Å²) in [7, 11) is 3.44. The van der Waals surface area contributed by atoms with Crippen LogP contribution in [-0.2, 0) is 6.54 Å². The third kappa shape index (κ3) is 3.16. The molecule has 1 aromatic heterocycles. The first-order chi connectivity index (χ1) is 9.58. The molecule has 0 aliphatic rings. The lowest BCUT2D eigenvalue weighted by Gasteiger charge is -2.04. The Morgan fingerprint density at radius 1 is 1.35 bits per heavy atom. The lowest BCUT2D eigenvalue weighted by Crippen LogP contribution is -2.12. The second-order valence-corrected chi connectivity index (χ2v) is 4.31. The highest BCUT2D eigenvalue weighted by Gasteiger charge is 2.17. The number of benzene rings is 1. The maximum absolute atomic E-state index is 11.3. The molecule has 1 amide bonds. The first-order valence-electron chi connectivity index (χ1n) is 5.94. The predicted octanol–water partition coefficient (Wildman–Crippen LogP) is 0.986. The molecule has 8 heteroatoms. The van der Waals surface area contributed by atoms with Gasteiger partial charge in [-0.1, -0.05) is 40.8 Å². The van der Waals surface area contributed by atoms with Gasteiger partial charge in [-0.3, -0.25) is 9.80 Å². The number of aromatic nitrogens is 3. The van der Waals surface area contributed by atoms with Crippen molar-refractivity contribution in [3.8, 4) is 0 Å². The van der Waals surface area contributed by atoms with Gasteiger partial charge in [-0.15, -0.1) is 10.2 Å². The number of hydrogen-bond donors (Lipinski definition) is 1. The van der Waals surface area contributed by atoms with Gasteiger partial charge in [0.05, 0.1) is 6.54 Å². The van der Waals surface area contributed by atoms with Crippen LogP contribution in [0.1, 0.15) is 16.1 Å². The summed E-state index contributed by atoms with van der Waals surface area (Å²) in [6.07, 6.45) is 0. The molecule has 0 unspecified atom stereocenters. The zero-order valence-electron chi connectivity index (χ0n) is 11.3. The van der Waals surface area contributed by atoms with E-state index >= 15 is 0 Å². The quantitative estimate of drug-likeness (QED) is 0.648. The van der Waals surface area contributed by atoms with Gasteiger partial charge in [0, 0.05) is 14.1 Å². The van der Waals surface area contributed by atoms with Crippen LogP contribution in [0.15, 0.2) is 40.7 Å². The van der Waals surface area contributed by atoms with E-state index in [1.807, 2.05) is 30.3 Å². The Morgan fingerprint density at radius 2 is 2.05 bits per heavy atom. The second kappa shape index (κ2) is 5.91. The second-order valence-electron chi connectivity index (χ2n) is 4.31. The van der Waals surface area contributed by atoms with Crippen molar-refractivity contribution in [2.45, 2.75) is 6.54 Å². The summed E-state index contributed by atoms with van der Waals surface area (Å²) in [6.45, 7) is 0.433. The van der Waals surface area contributed by atoms with Crippen molar-refractivity contribution in [1.29, 1.82) is 0 Å². The fraction of sp³-hybridized carbons (Fsp3) is 0.250. The van der Waals surface area contributed by atoms with Gasteiger partial charge in [-0.2, -0.15) is 0 Å². The molecule has 2 aromatic rings. The van der Waals surface area contributed by atoms with E-state index < -0.39 is 5.91 Å². The highest BCUT2D eigenvalue weighted by Crippen LogP contribution is 2.18. The van der Waals surface area contributed by atoms with Crippen molar-refractivity contribution in [3.05, 3.63) is 41.6 Å². The average Bonchev–Trinajstić information content (AvgIpc) is 2.80. The van der Waals surface area contributed by atoms with Crippen LogP contribution in [0.25, 0.3) is 0 Å². The van der Waals surface area contributed by atoms with Crippen LogP contribution in [0.2, 0.25) is 0 Å². The lowest BCUT2D eigenvalue weighted by atomic mass is 10.2. The van der Waals surface area contributed by atoms with Gasteiger partial charge in [0.1, 0.15) is 0 Å². The molecule has 0 saturated carbocycles. The summed E-state index contributed by atoms with van der Waals surface area (Å²) in [5.41, 5.74) is 6.27. The minimum atomic E-state index is -0.683. The van der Waals surface area contributed by atoms with Crippen molar-refractivity contribution in [3.63, 3.8) is 0 Å². The van der Waals surface area contributed by atoms with Crippen LogP contribution < -0.4 is 5.73 Å². The normalized spacial score (nSPS) is 10.9. The standard InChI is InChI=1S/C12H15N7O/c1-18(2)16-15-12-10(11(13)20)14-17-19(12)8-9-6-4-3-5-7-9/h3-7H,8H2,1-2H3,(H2,13,20)/b16-15+. The van der Waals surface area contributed by atoms with E-state index in [1.54, 1.807) is 14.1 Å². The van der Waals surface area contributed by atoms with E-state index in [1.165, 1.54) is 9.69 Å². The Hall–Kier alpha value is -2.77. The van der Waals surface area contributed by atoms with Crippen molar-refractivity contribution in [2.24, 2.45) is 16.1 Å². The minimum Gasteiger partial charge on any atom is -0.364 e. The fourth-order valence-electron chi connectivity index (χ4n) is 1.56. The van der Waals surface area contributed by atoms with Gasteiger partial charge in [0.25, 0.3) is 5.91 Å². The smallest absolute Gasteiger partial charge is 0.273 e. The fourth-order valence-corrected chi connectivity index (χ4v) is 1.56. The first kappa shape index (κ1) is 13.7. The topological polar surface area (TPSA) is 102 Å². The maximum Gasteiger partial charge on any atom is 0.273 e. The molecular formula is C12H15N7O. The lowest BCUT2D eigenvalue weighted by molar-refractivity contribution is 0.0996. The van der Waals surface area contributed by atoms with Crippen LogP contribution in [0, 0.1) is 0 Å². The molecule has 104 valence electrons. The molecule has 20 heavy (non-hydrogen) atoms. The van der Waals surface area contributed by atoms with Crippen molar-refractivity contribution in [1.82, 2.24) is 20.0 Å². The molecule has 1 heterocycles. The average molecular weight is 273 g/mol. The summed E-state index contributed by atoms with van der Waals surface area (Å²) in [4.78, 5) is 11.3. The first-order valence-corrected chi connectivity index (χ1v) is 5.94. The molecule has 0 radical (unpaired) electrons. The van der Waals surface area contributed by atoms with Gasteiger partial charge in [-0.05, 0) is 5.56 Å². The summed E-state index contributed by atoms with van der Waals surface area (Å²) in [5.74, 6) is -0.438. The highest BCUT2D eigenvalue weighted by atomic mass is 16.1. The monoisotopic (exact) mass is 273 g/mol. The van der Waals surface area contributed by atoms with Gasteiger partial charge >= 0.3 is 0 Å². The molecular weight excluding hydrogens is 258 g/mol. The van der Waals surface area contributed by atoms with E-state index in [-0.39, 0.29) is 11.5 Å². The molecule has 0 bridgehead atoms. The highest BCUT2D eigenvalue weighted by molar-refractivity contribution is 5.94. The third-order valence-electron chi connectivity index (χ3n) is 2.44. The number of carbonyl (C=O) groups is 1. The minimum absolute atomic E-state index is 0.00605. The Kier molecular flexibility index (Phi) is 4.04. The SMILES string of the molecule is CN(C)/N=N/c1c(C(N)=O)nnn1Cc1ccccc1. The zero-order valence-corrected chi connectivity index (χ0v) is 11.3. The van der Waals surface area contributed by atoms with Gasteiger partial charge in [0.2, 0.25) is 5.82 Å². The zero-order chi connectivity index (χ0) is 14.5. The van der Waals surface area contributed by atoms with Crippen molar-refractivity contribution in [2.75, 3.05) is 14.1 Å². The Bertz CT molecular complexity index is 618. The maximum atomic E-state index is 11.3. The number of nitrogens with zero attached hydrogens (tertiary/aromatic N) is 6. The van der Waals surface area contributed by atoms with Crippen molar-refractivity contribution >= 4 is 11.7 Å². The van der Waals surface area contributed by atoms with E-state index in [2.05, 4.69) is 20.6 Å². The Balaban J connectivity index is 2.35. The Labute approximate surface area is 115 Å². The van der Waals surface area contributed by atoms with E-state index in [0.717, 1.165) is 5.56 Å². The number of amides is 1. The molecule has 2 rings (SSSR count). The van der Waals surface area contributed by atoms with E-state index in [9.17, 15) is 4.79 Å². The number of primary amides is 1. The Morgan fingerprint density at radius 3 is 2.65 bits per heavy atom. The number of hydrogen-bond acceptors (Lipinski definition) is 5. The van der Waals surface area contributed by atoms with Gasteiger partial charge < -0.3 is 5.73 Å². The number of rotatable bonds is 5. The summed E-state index contributed by atoms with van der Waals surface area (Å²) in [6, 6.07) is 9.65. The molecule has 0 atom stereocenters. The third-order valence-corrected chi connectivity index (χ3v) is 2.44. The van der Waals surface area contributed by atoms with Gasteiger partial charge in [0.15, 0.2) is 5.69 Å². The molecule has 0 saturated heterocycles.